The fourth-order valence-electron chi connectivity index (χ4n) is 9.75. The average Bonchev–Trinajstić information content (AvgIpc) is 3.65. The van der Waals surface area contributed by atoms with Gasteiger partial charge in [0, 0.05) is 26.5 Å². The van der Waals surface area contributed by atoms with Crippen LogP contribution in [0.25, 0.3) is 78.4 Å². The number of aromatic nitrogens is 2. The zero-order chi connectivity index (χ0) is 41.0. The van der Waals surface area contributed by atoms with E-state index in [-0.39, 0.29) is 0 Å². The van der Waals surface area contributed by atoms with Crippen LogP contribution in [0.1, 0.15) is 22.3 Å². The van der Waals surface area contributed by atoms with E-state index < -0.39 is 5.41 Å². The van der Waals surface area contributed by atoms with E-state index in [1.54, 1.807) is 0 Å². The molecule has 0 fully saturated rings. The second-order valence-electron chi connectivity index (χ2n) is 16.0. The number of benzene rings is 9. The fourth-order valence-corrected chi connectivity index (χ4v) is 10.9. The third-order valence-corrected chi connectivity index (χ3v) is 13.8. The van der Waals surface area contributed by atoms with Crippen molar-refractivity contribution in [2.75, 3.05) is 0 Å². The van der Waals surface area contributed by atoms with E-state index in [2.05, 4.69) is 231 Å². The summed E-state index contributed by atoms with van der Waals surface area (Å²) in [6.07, 6.45) is 0. The highest BCUT2D eigenvalue weighted by molar-refractivity contribution is 7.99. The third-order valence-electron chi connectivity index (χ3n) is 12.6. The maximum Gasteiger partial charge on any atom is 0.161 e. The summed E-state index contributed by atoms with van der Waals surface area (Å²) < 4.78 is 0. The van der Waals surface area contributed by atoms with Gasteiger partial charge in [0.1, 0.15) is 0 Å². The molecule has 0 N–H and O–H groups in total. The molecule has 2 nitrogen and oxygen atoms in total. The van der Waals surface area contributed by atoms with Crippen LogP contribution in [0.4, 0.5) is 0 Å². The van der Waals surface area contributed by atoms with Gasteiger partial charge in [-0.3, -0.25) is 0 Å². The van der Waals surface area contributed by atoms with Crippen molar-refractivity contribution in [2.45, 2.75) is 15.2 Å². The summed E-state index contributed by atoms with van der Waals surface area (Å²) in [5.74, 6) is 0.691. The highest BCUT2D eigenvalue weighted by atomic mass is 32.2. The molecule has 0 amide bonds. The Bertz CT molecular complexity index is 3150. The Morgan fingerprint density at radius 3 is 1.24 bits per heavy atom. The quantitative estimate of drug-likeness (QED) is 0.167. The van der Waals surface area contributed by atoms with E-state index >= 15 is 0 Å². The molecule has 3 heteroatoms. The van der Waals surface area contributed by atoms with Crippen LogP contribution in [0.5, 0.6) is 0 Å². The SMILES string of the molecule is c1ccc(-c2ccc(-c3cc(-c4ccc(-c5ccccc5)cc4)nc(-c4ccccc4-c4ccc5c(c4)C4(c6ccccc6S5)c5ccccc5-c5ccccc54)n3)cc2)cc1. The predicted octanol–water partition coefficient (Wildman–Crippen LogP) is 15.3. The fraction of sp³-hybridized carbons (Fsp3) is 0.0169. The molecule has 0 atom stereocenters. The molecule has 2 aliphatic rings. The minimum Gasteiger partial charge on any atom is -0.228 e. The summed E-state index contributed by atoms with van der Waals surface area (Å²) in [6.45, 7) is 0. The van der Waals surface area contributed by atoms with Crippen molar-refractivity contribution < 1.29 is 0 Å². The molecular formula is C59H38N2S. The molecule has 0 saturated carbocycles. The van der Waals surface area contributed by atoms with Gasteiger partial charge in [0.2, 0.25) is 0 Å². The lowest BCUT2D eigenvalue weighted by atomic mass is 9.67. The second kappa shape index (κ2) is 14.8. The van der Waals surface area contributed by atoms with E-state index in [0.717, 1.165) is 39.2 Å². The lowest BCUT2D eigenvalue weighted by molar-refractivity contribution is 0.723. The highest BCUT2D eigenvalue weighted by Crippen LogP contribution is 2.62. The Kier molecular flexibility index (Phi) is 8.69. The molecule has 2 heterocycles. The summed E-state index contributed by atoms with van der Waals surface area (Å²) in [4.78, 5) is 13.3. The molecule has 1 spiro atoms. The molecule has 10 aromatic rings. The zero-order valence-corrected chi connectivity index (χ0v) is 34.6. The van der Waals surface area contributed by atoms with E-state index in [9.17, 15) is 0 Å². The molecular weight excluding hydrogens is 769 g/mol. The van der Waals surface area contributed by atoms with Crippen LogP contribution >= 0.6 is 11.8 Å². The van der Waals surface area contributed by atoms with E-state index in [0.29, 0.717) is 5.82 Å². The first-order chi connectivity index (χ1) is 30.7. The number of hydrogen-bond acceptors (Lipinski definition) is 3. The van der Waals surface area contributed by atoms with Crippen molar-refractivity contribution >= 4 is 11.8 Å². The molecule has 1 aliphatic heterocycles. The van der Waals surface area contributed by atoms with Crippen LogP contribution in [0, 0.1) is 0 Å². The van der Waals surface area contributed by atoms with Crippen molar-refractivity contribution in [1.29, 1.82) is 0 Å². The smallest absolute Gasteiger partial charge is 0.161 e. The Labute approximate surface area is 366 Å². The number of hydrogen-bond donors (Lipinski definition) is 0. The van der Waals surface area contributed by atoms with Crippen molar-refractivity contribution in [3.05, 3.63) is 253 Å². The van der Waals surface area contributed by atoms with Crippen LogP contribution in [0.2, 0.25) is 0 Å². The van der Waals surface area contributed by atoms with Gasteiger partial charge in [0.25, 0.3) is 0 Å². The Balaban J connectivity index is 1.03. The standard InChI is InChI=1S/C59H38N2S/c1-3-15-39(16-4-1)41-27-31-43(32-28-41)54-38-55(44-33-29-42(30-34-44)40-17-5-2-6-18-40)61-58(60-54)49-22-8-7-19-46(49)45-35-36-57-53(37-45)59(52-25-13-14-26-56(52)62-57)50-23-11-9-20-47(50)48-21-10-12-24-51(48)59/h1-38H. The van der Waals surface area contributed by atoms with Crippen molar-refractivity contribution in [3.8, 4) is 78.4 Å². The number of fused-ring (bicyclic) bond motifs is 9. The molecule has 62 heavy (non-hydrogen) atoms. The van der Waals surface area contributed by atoms with Gasteiger partial charge < -0.3 is 0 Å². The van der Waals surface area contributed by atoms with E-state index in [1.807, 2.05) is 11.8 Å². The van der Waals surface area contributed by atoms with Gasteiger partial charge >= 0.3 is 0 Å². The lowest BCUT2D eigenvalue weighted by Gasteiger charge is -2.40. The van der Waals surface area contributed by atoms with Crippen molar-refractivity contribution in [3.63, 3.8) is 0 Å². The second-order valence-corrected chi connectivity index (χ2v) is 17.1. The van der Waals surface area contributed by atoms with Gasteiger partial charge in [-0.25, -0.2) is 9.97 Å². The number of nitrogens with zero attached hydrogens (tertiary/aromatic N) is 2. The Morgan fingerprint density at radius 2 is 0.677 bits per heavy atom. The van der Waals surface area contributed by atoms with Gasteiger partial charge in [0.05, 0.1) is 16.8 Å². The normalized spacial score (nSPS) is 12.9. The minimum atomic E-state index is -0.462. The first kappa shape index (κ1) is 36.3. The third kappa shape index (κ3) is 5.89. The predicted molar refractivity (Wildman–Crippen MR) is 256 cm³/mol. The van der Waals surface area contributed by atoms with Crippen LogP contribution in [-0.4, -0.2) is 9.97 Å². The van der Waals surface area contributed by atoms with Crippen molar-refractivity contribution in [1.82, 2.24) is 9.97 Å². The Hall–Kier alpha value is -7.59. The molecule has 0 radical (unpaired) electrons. The maximum atomic E-state index is 5.39. The highest BCUT2D eigenvalue weighted by Gasteiger charge is 2.50. The topological polar surface area (TPSA) is 25.8 Å². The zero-order valence-electron chi connectivity index (χ0n) is 33.7. The summed E-state index contributed by atoms with van der Waals surface area (Å²) in [5.41, 5.74) is 19.2. The largest absolute Gasteiger partial charge is 0.228 e. The molecule has 12 rings (SSSR count). The van der Waals surface area contributed by atoms with Crippen LogP contribution in [0.3, 0.4) is 0 Å². The van der Waals surface area contributed by atoms with Gasteiger partial charge in [-0.05, 0) is 91.0 Å². The first-order valence-electron chi connectivity index (χ1n) is 21.1. The minimum absolute atomic E-state index is 0.462. The molecule has 0 saturated heterocycles. The molecule has 1 aliphatic carbocycles. The molecule has 0 bridgehead atoms. The molecule has 290 valence electrons. The summed E-state index contributed by atoms with van der Waals surface area (Å²) in [5, 5.41) is 0. The van der Waals surface area contributed by atoms with Crippen LogP contribution in [0.15, 0.2) is 240 Å². The lowest BCUT2D eigenvalue weighted by Crippen LogP contribution is -2.32. The van der Waals surface area contributed by atoms with Gasteiger partial charge in [-0.2, -0.15) is 0 Å². The Morgan fingerprint density at radius 1 is 0.274 bits per heavy atom. The maximum absolute atomic E-state index is 5.39. The summed E-state index contributed by atoms with van der Waals surface area (Å²) in [6, 6.07) is 83.3. The molecule has 0 unspecified atom stereocenters. The van der Waals surface area contributed by atoms with E-state index in [4.69, 9.17) is 9.97 Å². The summed E-state index contributed by atoms with van der Waals surface area (Å²) in [7, 11) is 0. The molecule has 1 aromatic heterocycles. The summed E-state index contributed by atoms with van der Waals surface area (Å²) >= 11 is 1.87. The van der Waals surface area contributed by atoms with Gasteiger partial charge in [0.15, 0.2) is 5.82 Å². The van der Waals surface area contributed by atoms with Crippen LogP contribution < -0.4 is 0 Å². The van der Waals surface area contributed by atoms with Gasteiger partial charge in [-0.1, -0.05) is 218 Å². The number of rotatable bonds is 6. The van der Waals surface area contributed by atoms with Crippen molar-refractivity contribution in [2.24, 2.45) is 0 Å². The van der Waals surface area contributed by atoms with Crippen LogP contribution in [-0.2, 0) is 5.41 Å². The monoisotopic (exact) mass is 806 g/mol. The van der Waals surface area contributed by atoms with E-state index in [1.165, 1.54) is 65.4 Å². The first-order valence-corrected chi connectivity index (χ1v) is 22.0. The van der Waals surface area contributed by atoms with Gasteiger partial charge in [-0.15, -0.1) is 0 Å². The average molecular weight is 807 g/mol. The molecule has 9 aromatic carbocycles.